The van der Waals surface area contributed by atoms with Crippen LogP contribution in [-0.4, -0.2) is 23.4 Å². The molecule has 0 saturated heterocycles. The molecule has 1 amide bonds. The minimum absolute atomic E-state index is 0.0448. The fourth-order valence-electron chi connectivity index (χ4n) is 5.82. The molecule has 4 fully saturated rings. The van der Waals surface area contributed by atoms with Crippen molar-refractivity contribution in [2.75, 3.05) is 11.9 Å². The van der Waals surface area contributed by atoms with Gasteiger partial charge in [-0.15, -0.1) is 22.9 Å². The lowest BCUT2D eigenvalue weighted by molar-refractivity contribution is -0.138. The molecule has 4 nitrogen and oxygen atoms in total. The first-order chi connectivity index (χ1) is 12.3. The number of thiophene rings is 1. The van der Waals surface area contributed by atoms with Gasteiger partial charge in [0.15, 0.2) is 0 Å². The highest BCUT2D eigenvalue weighted by Crippen LogP contribution is 2.64. The van der Waals surface area contributed by atoms with Crippen molar-refractivity contribution in [2.45, 2.75) is 64.2 Å². The number of carbonyl (C=O) groups is 2. The van der Waals surface area contributed by atoms with Gasteiger partial charge in [-0.05, 0) is 76.7 Å². The van der Waals surface area contributed by atoms with Crippen LogP contribution in [0, 0.1) is 31.1 Å². The van der Waals surface area contributed by atoms with Crippen molar-refractivity contribution in [2.24, 2.45) is 17.3 Å². The number of carbonyl (C=O) groups excluding carboxylic acids is 2. The largest absolute Gasteiger partial charge is 0.462 e. The molecule has 0 aromatic carbocycles. The lowest BCUT2D eigenvalue weighted by Gasteiger charge is -2.59. The second kappa shape index (κ2) is 6.23. The summed E-state index contributed by atoms with van der Waals surface area (Å²) in [6.07, 6.45) is 5.94. The average molecular weight is 396 g/mol. The molecular weight excluding hydrogens is 370 g/mol. The number of aryl methyl sites for hydroxylation is 1. The second-order valence-electron chi connectivity index (χ2n) is 8.55. The Balaban J connectivity index is 1.61. The van der Waals surface area contributed by atoms with Crippen LogP contribution >= 0.6 is 22.9 Å². The van der Waals surface area contributed by atoms with E-state index in [0.717, 1.165) is 42.5 Å². The highest BCUT2D eigenvalue weighted by atomic mass is 35.5. The molecule has 142 valence electrons. The summed E-state index contributed by atoms with van der Waals surface area (Å²) in [5.41, 5.74) is 1.03. The van der Waals surface area contributed by atoms with Crippen LogP contribution in [0.3, 0.4) is 0 Å². The molecule has 1 aromatic rings. The minimum Gasteiger partial charge on any atom is -0.462 e. The molecule has 6 heteroatoms. The van der Waals surface area contributed by atoms with Crippen LogP contribution in [0.5, 0.6) is 0 Å². The number of amides is 1. The Labute approximate surface area is 163 Å². The summed E-state index contributed by atoms with van der Waals surface area (Å²) in [7, 11) is 0. The number of alkyl halides is 1. The Morgan fingerprint density at radius 1 is 1.23 bits per heavy atom. The summed E-state index contributed by atoms with van der Waals surface area (Å²) in [5.74, 6) is 0.819. The number of anilines is 1. The van der Waals surface area contributed by atoms with Crippen molar-refractivity contribution in [1.29, 1.82) is 0 Å². The van der Waals surface area contributed by atoms with E-state index in [0.29, 0.717) is 29.0 Å². The van der Waals surface area contributed by atoms with Crippen LogP contribution in [-0.2, 0) is 9.53 Å². The summed E-state index contributed by atoms with van der Waals surface area (Å²) in [5, 5.41) is 3.73. The summed E-state index contributed by atoms with van der Waals surface area (Å²) >= 11 is 8.33. The fourth-order valence-corrected chi connectivity index (χ4v) is 7.55. The maximum absolute atomic E-state index is 13.3. The molecular formula is C20H26ClNO3S. The average Bonchev–Trinajstić information content (AvgIpc) is 2.79. The lowest BCUT2D eigenvalue weighted by Crippen LogP contribution is -2.57. The van der Waals surface area contributed by atoms with Crippen LogP contribution in [0.2, 0.25) is 0 Å². The summed E-state index contributed by atoms with van der Waals surface area (Å²) < 4.78 is 5.20. The van der Waals surface area contributed by atoms with E-state index in [1.54, 1.807) is 6.92 Å². The van der Waals surface area contributed by atoms with Gasteiger partial charge in [0, 0.05) is 9.75 Å². The molecule has 26 heavy (non-hydrogen) atoms. The smallest absolute Gasteiger partial charge is 0.341 e. The predicted octanol–water partition coefficient (Wildman–Crippen LogP) is 5.06. The number of rotatable bonds is 4. The molecule has 0 radical (unpaired) electrons. The maximum atomic E-state index is 13.3. The molecule has 4 bridgehead atoms. The normalized spacial score (nSPS) is 34.8. The molecule has 4 saturated carbocycles. The van der Waals surface area contributed by atoms with E-state index in [1.807, 2.05) is 13.8 Å². The van der Waals surface area contributed by atoms with Crippen LogP contribution in [0.1, 0.15) is 66.2 Å². The first kappa shape index (κ1) is 18.3. The Hall–Kier alpha value is -1.07. The van der Waals surface area contributed by atoms with Crippen molar-refractivity contribution in [3.8, 4) is 0 Å². The molecule has 1 aromatic heterocycles. The molecule has 4 aliphatic carbocycles. The molecule has 1 heterocycles. The minimum atomic E-state index is -0.371. The fraction of sp³-hybridized carbons (Fsp3) is 0.700. The van der Waals surface area contributed by atoms with E-state index in [2.05, 4.69) is 5.32 Å². The van der Waals surface area contributed by atoms with Crippen molar-refractivity contribution >= 4 is 39.8 Å². The molecule has 4 aliphatic rings. The molecule has 5 rings (SSSR count). The predicted molar refractivity (Wildman–Crippen MR) is 104 cm³/mol. The van der Waals surface area contributed by atoms with Gasteiger partial charge in [-0.3, -0.25) is 4.79 Å². The third kappa shape index (κ3) is 2.88. The van der Waals surface area contributed by atoms with Gasteiger partial charge in [-0.25, -0.2) is 4.79 Å². The highest BCUT2D eigenvalue weighted by Gasteiger charge is 2.60. The second-order valence-corrected chi connectivity index (χ2v) is 10.6. The van der Waals surface area contributed by atoms with Crippen LogP contribution in [0.4, 0.5) is 5.00 Å². The van der Waals surface area contributed by atoms with Crippen molar-refractivity contribution in [3.63, 3.8) is 0 Å². The quantitative estimate of drug-likeness (QED) is 0.572. The topological polar surface area (TPSA) is 55.4 Å². The van der Waals surface area contributed by atoms with Crippen molar-refractivity contribution in [1.82, 2.24) is 0 Å². The number of hydrogen-bond acceptors (Lipinski definition) is 4. The van der Waals surface area contributed by atoms with E-state index in [9.17, 15) is 9.59 Å². The maximum Gasteiger partial charge on any atom is 0.341 e. The Morgan fingerprint density at radius 3 is 2.46 bits per heavy atom. The number of nitrogens with one attached hydrogen (secondary N) is 1. The Morgan fingerprint density at radius 2 is 1.88 bits per heavy atom. The third-order valence-corrected chi connectivity index (χ3v) is 8.13. The summed E-state index contributed by atoms with van der Waals surface area (Å²) in [6, 6.07) is 0. The van der Waals surface area contributed by atoms with E-state index < -0.39 is 0 Å². The third-order valence-electron chi connectivity index (χ3n) is 6.56. The number of hydrogen-bond donors (Lipinski definition) is 1. The van der Waals surface area contributed by atoms with Gasteiger partial charge < -0.3 is 10.1 Å². The van der Waals surface area contributed by atoms with Crippen molar-refractivity contribution < 1.29 is 14.3 Å². The monoisotopic (exact) mass is 395 g/mol. The molecule has 0 aliphatic heterocycles. The van der Waals surface area contributed by atoms with E-state index >= 15 is 0 Å². The first-order valence-corrected chi connectivity index (χ1v) is 10.7. The van der Waals surface area contributed by atoms with Gasteiger partial charge in [-0.2, -0.15) is 0 Å². The molecule has 0 unspecified atom stereocenters. The van der Waals surface area contributed by atoms with Crippen LogP contribution in [0.15, 0.2) is 0 Å². The zero-order chi connectivity index (χ0) is 18.7. The lowest BCUT2D eigenvalue weighted by atomic mass is 9.49. The number of ether oxygens (including phenoxy) is 1. The van der Waals surface area contributed by atoms with Gasteiger partial charge in [-0.1, -0.05) is 0 Å². The van der Waals surface area contributed by atoms with Gasteiger partial charge in [0.05, 0.1) is 17.6 Å². The van der Waals surface area contributed by atoms with E-state index in [4.69, 9.17) is 16.3 Å². The van der Waals surface area contributed by atoms with Crippen LogP contribution < -0.4 is 5.32 Å². The molecule has 0 spiro atoms. The van der Waals surface area contributed by atoms with Gasteiger partial charge in [0.25, 0.3) is 0 Å². The first-order valence-electron chi connectivity index (χ1n) is 9.53. The Kier molecular flexibility index (Phi) is 4.39. The summed E-state index contributed by atoms with van der Waals surface area (Å²) in [6.45, 7) is 5.99. The van der Waals surface area contributed by atoms with Crippen LogP contribution in [0.25, 0.3) is 0 Å². The molecule has 1 N–H and O–H groups in total. The van der Waals surface area contributed by atoms with E-state index in [1.165, 1.54) is 17.8 Å². The Bertz CT molecular complexity index is 757. The molecule has 2 atom stereocenters. The number of esters is 1. The number of halogens is 1. The van der Waals surface area contributed by atoms with E-state index in [-0.39, 0.29) is 22.2 Å². The van der Waals surface area contributed by atoms with Crippen molar-refractivity contribution in [3.05, 3.63) is 16.0 Å². The summed E-state index contributed by atoms with van der Waals surface area (Å²) in [4.78, 5) is 26.6. The zero-order valence-electron chi connectivity index (χ0n) is 15.6. The SMILES string of the molecule is CCOC(=O)c1c(NC(=O)C23C[C@H]4C[C@@H](CC(Cl)(C4)C2)C3)sc(C)c1C. The van der Waals surface area contributed by atoms with Gasteiger partial charge in [0.2, 0.25) is 5.91 Å². The standard InChI is InChI=1S/C20H26ClNO3S/c1-4-25-17(23)15-11(2)12(3)26-16(15)22-18(24)19-6-13-5-14(7-19)9-20(21,8-13)10-19/h13-14H,4-10H2,1-3H3,(H,22,24)/t13-,14-,19?,20?/m1/s1. The zero-order valence-corrected chi connectivity index (χ0v) is 17.2. The highest BCUT2D eigenvalue weighted by molar-refractivity contribution is 7.16. The van der Waals surface area contributed by atoms with Gasteiger partial charge in [0.1, 0.15) is 5.00 Å². The van der Waals surface area contributed by atoms with Gasteiger partial charge >= 0.3 is 5.97 Å².